The molecule has 0 bridgehead atoms. The molecule has 2 aromatic carbocycles. The highest BCUT2D eigenvalue weighted by Crippen LogP contribution is 2.47. The van der Waals surface area contributed by atoms with E-state index in [1.807, 2.05) is 0 Å². The van der Waals surface area contributed by atoms with Crippen LogP contribution in [0.5, 0.6) is 5.75 Å². The molecule has 0 saturated heterocycles. The molecule has 0 fully saturated rings. The predicted octanol–water partition coefficient (Wildman–Crippen LogP) is 5.98. The van der Waals surface area contributed by atoms with E-state index in [9.17, 15) is 0 Å². The molecule has 3 rings (SSSR count). The monoisotopic (exact) mass is 358 g/mol. The summed E-state index contributed by atoms with van der Waals surface area (Å²) in [5.74, 6) is 1.85. The molecule has 0 saturated carbocycles. The minimum absolute atomic E-state index is 0.00676. The molecule has 1 nitrogen and oxygen atoms in total. The number of hydrogen-bond donors (Lipinski definition) is 0. The lowest BCUT2D eigenvalue weighted by Crippen LogP contribution is -2.12. The fourth-order valence-corrected chi connectivity index (χ4v) is 4.05. The van der Waals surface area contributed by atoms with Gasteiger partial charge in [-0.2, -0.15) is 0 Å². The average Bonchev–Trinajstić information content (AvgIpc) is 2.81. The first-order chi connectivity index (χ1) is 10.4. The Bertz CT molecular complexity index is 701. The summed E-state index contributed by atoms with van der Waals surface area (Å²) >= 11 is 3.73. The third kappa shape index (κ3) is 2.48. The highest BCUT2D eigenvalue weighted by atomic mass is 79.9. The largest absolute Gasteiger partial charge is 0.478 e. The lowest BCUT2D eigenvalue weighted by molar-refractivity contribution is 0.315. The van der Waals surface area contributed by atoms with Gasteiger partial charge in [-0.3, -0.25) is 0 Å². The molecule has 0 radical (unpaired) electrons. The number of benzene rings is 2. The van der Waals surface area contributed by atoms with Crippen molar-refractivity contribution in [2.75, 3.05) is 0 Å². The maximum Gasteiger partial charge on any atom is 0.164 e. The van der Waals surface area contributed by atoms with Crippen molar-refractivity contribution in [3.8, 4) is 5.75 Å². The van der Waals surface area contributed by atoms with E-state index in [-0.39, 0.29) is 10.9 Å². The number of aryl methyl sites for hydroxylation is 1. The van der Waals surface area contributed by atoms with Crippen LogP contribution in [0.25, 0.3) is 0 Å². The minimum Gasteiger partial charge on any atom is -0.478 e. The Hall–Kier alpha value is -1.28. The second-order valence-electron chi connectivity index (χ2n) is 6.62. The Kier molecular flexibility index (Phi) is 4.07. The van der Waals surface area contributed by atoms with Crippen LogP contribution >= 0.6 is 15.9 Å². The third-order valence-corrected chi connectivity index (χ3v) is 5.66. The number of halogens is 1. The van der Waals surface area contributed by atoms with Crippen LogP contribution in [0, 0.1) is 20.8 Å². The summed E-state index contributed by atoms with van der Waals surface area (Å²) in [4.78, 5) is 0. The van der Waals surface area contributed by atoms with Crippen LogP contribution in [0.4, 0.5) is 0 Å². The summed E-state index contributed by atoms with van der Waals surface area (Å²) in [6.07, 6.45) is 0. The van der Waals surface area contributed by atoms with Crippen LogP contribution < -0.4 is 4.74 Å². The molecular weight excluding hydrogens is 336 g/mol. The first-order valence-corrected chi connectivity index (χ1v) is 8.83. The summed E-state index contributed by atoms with van der Waals surface area (Å²) in [5, 5.41) is 0.00676. The summed E-state index contributed by atoms with van der Waals surface area (Å²) in [6.45, 7) is 11.0. The molecule has 1 aliphatic heterocycles. The van der Waals surface area contributed by atoms with Crippen molar-refractivity contribution < 1.29 is 4.74 Å². The third-order valence-electron chi connectivity index (χ3n) is 4.95. The van der Waals surface area contributed by atoms with Crippen LogP contribution in [0.2, 0.25) is 0 Å². The van der Waals surface area contributed by atoms with Gasteiger partial charge in [0.15, 0.2) is 5.01 Å². The van der Waals surface area contributed by atoms with Gasteiger partial charge in [0, 0.05) is 5.56 Å². The van der Waals surface area contributed by atoms with Crippen LogP contribution in [-0.4, -0.2) is 5.01 Å². The Morgan fingerprint density at radius 2 is 1.64 bits per heavy atom. The number of alkyl halides is 1. The van der Waals surface area contributed by atoms with Crippen LogP contribution in [-0.2, 0) is 0 Å². The van der Waals surface area contributed by atoms with Crippen molar-refractivity contribution >= 4 is 15.9 Å². The zero-order valence-corrected chi connectivity index (χ0v) is 15.5. The van der Waals surface area contributed by atoms with Crippen LogP contribution in [0.15, 0.2) is 30.3 Å². The van der Waals surface area contributed by atoms with Gasteiger partial charge in [0.05, 0.1) is 5.92 Å². The fraction of sp³-hybridized carbons (Fsp3) is 0.400. The normalized spacial score (nSPS) is 20.1. The van der Waals surface area contributed by atoms with Crippen molar-refractivity contribution in [3.05, 3.63) is 63.7 Å². The molecule has 2 heteroatoms. The molecular formula is C20H23BrO. The van der Waals surface area contributed by atoms with Gasteiger partial charge in [0.25, 0.3) is 0 Å². The first-order valence-electron chi connectivity index (χ1n) is 7.91. The second-order valence-corrected chi connectivity index (χ2v) is 7.53. The van der Waals surface area contributed by atoms with Gasteiger partial charge in [0.2, 0.25) is 0 Å². The van der Waals surface area contributed by atoms with Gasteiger partial charge in [-0.15, -0.1) is 0 Å². The summed E-state index contributed by atoms with van der Waals surface area (Å²) in [5.41, 5.74) is 8.05. The number of fused-ring (bicyclic) bond motifs is 1. The Morgan fingerprint density at radius 1 is 1.00 bits per heavy atom. The number of rotatable bonds is 2. The molecule has 116 valence electrons. The zero-order chi connectivity index (χ0) is 16.0. The summed E-state index contributed by atoms with van der Waals surface area (Å²) in [6, 6.07) is 11.2. The molecule has 2 unspecified atom stereocenters. The molecule has 0 amide bonds. The van der Waals surface area contributed by atoms with Crippen molar-refractivity contribution in [2.45, 2.75) is 51.5 Å². The van der Waals surface area contributed by atoms with E-state index in [4.69, 9.17) is 4.74 Å². The fourth-order valence-electron chi connectivity index (χ4n) is 3.28. The van der Waals surface area contributed by atoms with Gasteiger partial charge in [-0.05, 0) is 76.5 Å². The topological polar surface area (TPSA) is 9.23 Å². The lowest BCUT2D eigenvalue weighted by Gasteiger charge is -2.18. The standard InChI is InChI=1S/C20H23BrO/c1-11(2)15-6-8-16(9-7-15)19-18-14(5)13(4)12(3)10-17(18)22-20(19)21/h6-11,19-20H,1-5H3. The van der Waals surface area contributed by atoms with Crippen molar-refractivity contribution in [3.63, 3.8) is 0 Å². The second kappa shape index (κ2) is 5.73. The Morgan fingerprint density at radius 3 is 2.23 bits per heavy atom. The van der Waals surface area contributed by atoms with E-state index in [1.54, 1.807) is 0 Å². The molecule has 1 heterocycles. The number of hydrogen-bond acceptors (Lipinski definition) is 1. The maximum atomic E-state index is 6.08. The first kappa shape index (κ1) is 15.6. The number of ether oxygens (including phenoxy) is 1. The smallest absolute Gasteiger partial charge is 0.164 e. The predicted molar refractivity (Wildman–Crippen MR) is 96.4 cm³/mol. The van der Waals surface area contributed by atoms with Gasteiger partial charge in [-0.1, -0.05) is 38.1 Å². The van der Waals surface area contributed by atoms with Crippen molar-refractivity contribution in [1.82, 2.24) is 0 Å². The van der Waals surface area contributed by atoms with E-state index >= 15 is 0 Å². The molecule has 0 spiro atoms. The van der Waals surface area contributed by atoms with E-state index in [2.05, 4.69) is 80.9 Å². The molecule has 0 N–H and O–H groups in total. The van der Waals surface area contributed by atoms with E-state index < -0.39 is 0 Å². The van der Waals surface area contributed by atoms with Gasteiger partial charge in [0.1, 0.15) is 5.75 Å². The SMILES string of the molecule is Cc1cc2c(c(C)c1C)C(c1ccc(C(C)C)cc1)C(Br)O2. The molecule has 22 heavy (non-hydrogen) atoms. The van der Waals surface area contributed by atoms with Crippen LogP contribution in [0.1, 0.15) is 59.1 Å². The van der Waals surface area contributed by atoms with Gasteiger partial charge < -0.3 is 4.74 Å². The Labute approximate surface area is 141 Å². The summed E-state index contributed by atoms with van der Waals surface area (Å²) < 4.78 is 6.08. The van der Waals surface area contributed by atoms with Crippen molar-refractivity contribution in [1.29, 1.82) is 0 Å². The van der Waals surface area contributed by atoms with E-state index in [1.165, 1.54) is 33.4 Å². The minimum atomic E-state index is 0.00676. The Balaban J connectivity index is 2.08. The molecule has 0 aromatic heterocycles. The highest BCUT2D eigenvalue weighted by Gasteiger charge is 2.36. The quantitative estimate of drug-likeness (QED) is 0.599. The maximum absolute atomic E-state index is 6.08. The van der Waals surface area contributed by atoms with Crippen molar-refractivity contribution in [2.24, 2.45) is 0 Å². The molecule has 2 aromatic rings. The molecule has 0 aliphatic carbocycles. The zero-order valence-electron chi connectivity index (χ0n) is 13.9. The average molecular weight is 359 g/mol. The molecule has 1 aliphatic rings. The van der Waals surface area contributed by atoms with Gasteiger partial charge >= 0.3 is 0 Å². The summed E-state index contributed by atoms with van der Waals surface area (Å²) in [7, 11) is 0. The highest BCUT2D eigenvalue weighted by molar-refractivity contribution is 9.09. The molecule has 2 atom stereocenters. The van der Waals surface area contributed by atoms with E-state index in [0.29, 0.717) is 5.92 Å². The van der Waals surface area contributed by atoms with Crippen LogP contribution in [0.3, 0.4) is 0 Å². The van der Waals surface area contributed by atoms with E-state index in [0.717, 1.165) is 5.75 Å². The lowest BCUT2D eigenvalue weighted by atomic mass is 9.86. The van der Waals surface area contributed by atoms with Gasteiger partial charge in [-0.25, -0.2) is 0 Å².